The Balaban J connectivity index is 1.63. The summed E-state index contributed by atoms with van der Waals surface area (Å²) in [6.07, 6.45) is -4.88. The minimum absolute atomic E-state index is 0.0201. The van der Waals surface area contributed by atoms with Crippen molar-refractivity contribution in [1.29, 1.82) is 0 Å². The quantitative estimate of drug-likeness (QED) is 0.563. The number of aryl methyl sites for hydroxylation is 1. The molecule has 0 bridgehead atoms. The van der Waals surface area contributed by atoms with Crippen LogP contribution in [0.15, 0.2) is 57.4 Å². The smallest absolute Gasteiger partial charge is 0.419 e. The molecule has 1 aromatic heterocycles. The zero-order valence-corrected chi connectivity index (χ0v) is 18.8. The molecule has 0 spiro atoms. The molecule has 2 unspecified atom stereocenters. The lowest BCUT2D eigenvalue weighted by atomic mass is 9.83. The van der Waals surface area contributed by atoms with Crippen LogP contribution in [0.2, 0.25) is 0 Å². The summed E-state index contributed by atoms with van der Waals surface area (Å²) < 4.78 is 47.4. The Bertz CT molecular complexity index is 1490. The number of carbonyl (C=O) groups excluding carboxylic acids is 1. The highest BCUT2D eigenvalue weighted by molar-refractivity contribution is 6.01. The average Bonchev–Trinajstić information content (AvgIpc) is 3.10. The fourth-order valence-corrected chi connectivity index (χ4v) is 4.94. The van der Waals surface area contributed by atoms with E-state index in [4.69, 9.17) is 4.42 Å². The van der Waals surface area contributed by atoms with Gasteiger partial charge in [-0.25, -0.2) is 14.4 Å². The summed E-state index contributed by atoms with van der Waals surface area (Å²) in [5.41, 5.74) is -0.395. The molecule has 2 atom stereocenters. The molecule has 2 amide bonds. The van der Waals surface area contributed by atoms with Crippen LogP contribution in [0.5, 0.6) is 0 Å². The standard InChI is InChI=1S/C24H20F3N3O6/c1-28-18-9-8-12(10-19(18)36-23(28)35)29-11-15(21(32)33)20(31)30(22(29)34)17-7-3-4-13-14(17)5-2-6-16(13)24(25,26)27/h2,5-6,8-11,17,20,31H,3-4,7H2,1H3,(H,32,33). The van der Waals surface area contributed by atoms with E-state index in [9.17, 15) is 37.8 Å². The summed E-state index contributed by atoms with van der Waals surface area (Å²) in [5.74, 6) is -2.14. The molecule has 2 aliphatic rings. The van der Waals surface area contributed by atoms with Gasteiger partial charge in [-0.3, -0.25) is 14.4 Å². The van der Waals surface area contributed by atoms with Crippen molar-refractivity contribution in [3.05, 3.63) is 75.4 Å². The fraction of sp³-hybridized carbons (Fsp3) is 0.292. The zero-order valence-electron chi connectivity index (χ0n) is 18.8. The fourth-order valence-electron chi connectivity index (χ4n) is 4.94. The number of hydrogen-bond donors (Lipinski definition) is 2. The highest BCUT2D eigenvalue weighted by Gasteiger charge is 2.44. The molecule has 0 saturated carbocycles. The Labute approximate surface area is 201 Å². The maximum absolute atomic E-state index is 13.6. The molecule has 3 aromatic rings. The van der Waals surface area contributed by atoms with E-state index in [0.717, 1.165) is 22.1 Å². The molecule has 2 aromatic carbocycles. The number of aliphatic carboxylic acids is 1. The van der Waals surface area contributed by atoms with Crippen LogP contribution < -0.4 is 10.7 Å². The number of benzene rings is 2. The van der Waals surface area contributed by atoms with Crippen molar-refractivity contribution in [2.45, 2.75) is 37.7 Å². The molecule has 1 aliphatic carbocycles. The minimum Gasteiger partial charge on any atom is -0.478 e. The van der Waals surface area contributed by atoms with Crippen LogP contribution in [0.3, 0.4) is 0 Å². The van der Waals surface area contributed by atoms with Crippen LogP contribution >= 0.6 is 0 Å². The van der Waals surface area contributed by atoms with Crippen molar-refractivity contribution in [1.82, 2.24) is 9.47 Å². The van der Waals surface area contributed by atoms with Gasteiger partial charge in [-0.1, -0.05) is 12.1 Å². The Morgan fingerprint density at radius 1 is 1.17 bits per heavy atom. The molecular formula is C24H20F3N3O6. The second kappa shape index (κ2) is 8.26. The number of amides is 2. The van der Waals surface area contributed by atoms with Crippen molar-refractivity contribution in [3.63, 3.8) is 0 Å². The van der Waals surface area contributed by atoms with E-state index in [-0.39, 0.29) is 35.2 Å². The first-order chi connectivity index (χ1) is 17.0. The Morgan fingerprint density at radius 3 is 2.61 bits per heavy atom. The SMILES string of the molecule is Cn1c(=O)oc2cc(N3C=C(C(=O)O)C(O)N(C4CCCc5c4cccc5C(F)(F)F)C3=O)ccc21. The van der Waals surface area contributed by atoms with E-state index < -0.39 is 47.3 Å². The number of carboxylic acid groups (broad SMARTS) is 1. The van der Waals surface area contributed by atoms with Gasteiger partial charge in [0.05, 0.1) is 22.8 Å². The third-order valence-electron chi connectivity index (χ3n) is 6.65. The van der Waals surface area contributed by atoms with E-state index in [2.05, 4.69) is 0 Å². The average molecular weight is 503 g/mol. The van der Waals surface area contributed by atoms with Gasteiger partial charge >= 0.3 is 23.9 Å². The predicted octanol–water partition coefficient (Wildman–Crippen LogP) is 3.76. The van der Waals surface area contributed by atoms with Crippen molar-refractivity contribution >= 4 is 28.8 Å². The van der Waals surface area contributed by atoms with Crippen LogP contribution in [-0.2, 0) is 24.4 Å². The Hall–Kier alpha value is -4.06. The third-order valence-corrected chi connectivity index (χ3v) is 6.65. The number of fused-ring (bicyclic) bond motifs is 2. The number of nitrogens with zero attached hydrogens (tertiary/aromatic N) is 3. The molecule has 12 heteroatoms. The van der Waals surface area contributed by atoms with Gasteiger partial charge < -0.3 is 14.6 Å². The normalized spacial score (nSPS) is 20.5. The van der Waals surface area contributed by atoms with Gasteiger partial charge in [-0.15, -0.1) is 0 Å². The number of hydrogen-bond acceptors (Lipinski definition) is 5. The largest absolute Gasteiger partial charge is 0.478 e. The van der Waals surface area contributed by atoms with Gasteiger partial charge in [-0.05, 0) is 48.6 Å². The number of oxazole rings is 1. The molecule has 0 radical (unpaired) electrons. The van der Waals surface area contributed by atoms with Gasteiger partial charge in [0.15, 0.2) is 11.8 Å². The molecule has 36 heavy (non-hydrogen) atoms. The first kappa shape index (κ1) is 23.7. The molecule has 2 heterocycles. The number of alkyl halides is 3. The van der Waals surface area contributed by atoms with Crippen LogP contribution in [0.25, 0.3) is 11.1 Å². The molecular weight excluding hydrogens is 483 g/mol. The zero-order chi connectivity index (χ0) is 25.9. The Morgan fingerprint density at radius 2 is 1.92 bits per heavy atom. The number of aliphatic hydroxyl groups excluding tert-OH is 1. The van der Waals surface area contributed by atoms with Crippen LogP contribution in [0.4, 0.5) is 23.7 Å². The summed E-state index contributed by atoms with van der Waals surface area (Å²) in [5, 5.41) is 20.6. The number of aromatic nitrogens is 1. The van der Waals surface area contributed by atoms with E-state index in [1.54, 1.807) is 0 Å². The summed E-state index contributed by atoms with van der Waals surface area (Å²) in [7, 11) is 1.50. The molecule has 1 aliphatic heterocycles. The number of aliphatic hydroxyl groups is 1. The molecule has 2 N–H and O–H groups in total. The predicted molar refractivity (Wildman–Crippen MR) is 120 cm³/mol. The number of rotatable bonds is 3. The lowest BCUT2D eigenvalue weighted by Crippen LogP contribution is -2.54. The highest BCUT2D eigenvalue weighted by atomic mass is 19.4. The number of anilines is 1. The van der Waals surface area contributed by atoms with E-state index in [0.29, 0.717) is 11.9 Å². The Kier molecular flexibility index (Phi) is 5.43. The van der Waals surface area contributed by atoms with E-state index >= 15 is 0 Å². The summed E-state index contributed by atoms with van der Waals surface area (Å²) in [6.45, 7) is 0. The third kappa shape index (κ3) is 3.65. The van der Waals surface area contributed by atoms with Crippen molar-refractivity contribution in [2.24, 2.45) is 7.05 Å². The van der Waals surface area contributed by atoms with Crippen molar-refractivity contribution in [2.75, 3.05) is 4.90 Å². The van der Waals surface area contributed by atoms with Gasteiger partial charge in [0.1, 0.15) is 5.57 Å². The maximum atomic E-state index is 13.6. The summed E-state index contributed by atoms with van der Waals surface area (Å²) in [6, 6.07) is 6.18. The molecule has 9 nitrogen and oxygen atoms in total. The van der Waals surface area contributed by atoms with Gasteiger partial charge in [0.2, 0.25) is 0 Å². The van der Waals surface area contributed by atoms with Crippen LogP contribution in [-0.4, -0.2) is 37.9 Å². The van der Waals surface area contributed by atoms with Crippen molar-refractivity contribution < 1.29 is 37.4 Å². The lowest BCUT2D eigenvalue weighted by Gasteiger charge is -2.43. The summed E-state index contributed by atoms with van der Waals surface area (Å²) in [4.78, 5) is 39.3. The van der Waals surface area contributed by atoms with Gasteiger partial charge in [-0.2, -0.15) is 13.2 Å². The number of carbonyl (C=O) groups is 2. The van der Waals surface area contributed by atoms with Gasteiger partial charge in [0.25, 0.3) is 0 Å². The molecule has 0 saturated heterocycles. The topological polar surface area (TPSA) is 116 Å². The first-order valence-corrected chi connectivity index (χ1v) is 11.0. The lowest BCUT2D eigenvalue weighted by molar-refractivity contribution is -0.138. The highest BCUT2D eigenvalue weighted by Crippen LogP contribution is 2.43. The maximum Gasteiger partial charge on any atom is 0.419 e. The van der Waals surface area contributed by atoms with Gasteiger partial charge in [0, 0.05) is 19.3 Å². The second-order valence-electron chi connectivity index (χ2n) is 8.68. The monoisotopic (exact) mass is 503 g/mol. The van der Waals surface area contributed by atoms with Crippen molar-refractivity contribution in [3.8, 4) is 0 Å². The molecule has 5 rings (SSSR count). The number of carboxylic acids is 1. The van der Waals surface area contributed by atoms with Crippen LogP contribution in [0, 0.1) is 0 Å². The minimum atomic E-state index is -4.61. The van der Waals surface area contributed by atoms with E-state index in [1.165, 1.54) is 41.9 Å². The van der Waals surface area contributed by atoms with Crippen LogP contribution in [0.1, 0.15) is 35.6 Å². The first-order valence-electron chi connectivity index (χ1n) is 11.0. The second-order valence-corrected chi connectivity index (χ2v) is 8.68. The molecule has 0 fully saturated rings. The molecule has 188 valence electrons. The summed E-state index contributed by atoms with van der Waals surface area (Å²) >= 11 is 0. The number of urea groups is 1. The van der Waals surface area contributed by atoms with E-state index in [1.807, 2.05) is 0 Å². The number of halogens is 3.